The molecular weight excluding hydrogens is 162 g/mol. The first-order chi connectivity index (χ1) is 3.12. The van der Waals surface area contributed by atoms with E-state index < -0.39 is 7.82 Å². The number of hydrogen-bond acceptors (Lipinski definition) is 6. The summed E-state index contributed by atoms with van der Waals surface area (Å²) in [6, 6.07) is 0. The molecule has 0 aromatic heterocycles. The summed E-state index contributed by atoms with van der Waals surface area (Å²) in [5.74, 6) is 8.27. The van der Waals surface area contributed by atoms with Gasteiger partial charge in [0.2, 0.25) is 0 Å². The van der Waals surface area contributed by atoms with Crippen molar-refractivity contribution in [3.8, 4) is 0 Å². The zero-order valence-corrected chi connectivity index (χ0v) is 8.25. The Bertz CT molecular complexity index is 86.0. The molecule has 0 fully saturated rings. The van der Waals surface area contributed by atoms with E-state index in [-0.39, 0.29) is 51.4 Å². The Labute approximate surface area is 88.5 Å². The Morgan fingerprint density at radius 2 is 1.62 bits per heavy atom. The van der Waals surface area contributed by atoms with Crippen molar-refractivity contribution in [2.75, 3.05) is 0 Å². The van der Waals surface area contributed by atoms with Crippen molar-refractivity contribution < 1.29 is 70.1 Å². The zero-order chi connectivity index (χ0) is 5.91. The summed E-state index contributed by atoms with van der Waals surface area (Å²) in [4.78, 5) is 9.70. The second-order valence-electron chi connectivity index (χ2n) is 0.658. The van der Waals surface area contributed by atoms with Gasteiger partial charge in [-0.2, -0.15) is 0 Å². The van der Waals surface area contributed by atoms with E-state index in [4.69, 9.17) is 0 Å². The van der Waals surface area contributed by atoms with E-state index in [1.54, 1.807) is 0 Å². The van der Waals surface area contributed by atoms with E-state index >= 15 is 0 Å². The monoisotopic (exact) mass is 166 g/mol. The van der Waals surface area contributed by atoms with Crippen LogP contribution in [0.25, 0.3) is 0 Å². The normalized spacial score (nSPS) is 10.4. The van der Waals surface area contributed by atoms with Gasteiger partial charge in [0.15, 0.2) is 0 Å². The van der Waals surface area contributed by atoms with Crippen LogP contribution in [0.4, 0.5) is 0 Å². The molecule has 6 nitrogen and oxygen atoms in total. The summed E-state index contributed by atoms with van der Waals surface area (Å²) < 4.78 is 16.2. The maximum atomic E-state index is 9.70. The summed E-state index contributed by atoms with van der Waals surface area (Å²) in [6.45, 7) is 0. The van der Waals surface area contributed by atoms with Crippen LogP contribution in [0, 0.1) is 0 Å². The topological polar surface area (TPSA) is 111 Å². The van der Waals surface area contributed by atoms with Gasteiger partial charge in [-0.1, -0.05) is 0 Å². The minimum Gasteiger partial charge on any atom is -0.754 e. The molecule has 0 saturated carbocycles. The third-order valence-corrected chi connectivity index (χ3v) is 0.775. The average molecular weight is 166 g/mol. The van der Waals surface area contributed by atoms with E-state index in [1.165, 1.54) is 0 Å². The molecular formula is H4KN2O4P. The standard InChI is InChI=1S/K.H5N2O4P/c;1-5-7(3,4)6-2/h;1-2H2,(H,3,4)/q+1;/p-1. The molecule has 8 heteroatoms. The van der Waals surface area contributed by atoms with Gasteiger partial charge in [0.25, 0.3) is 0 Å². The maximum Gasteiger partial charge on any atom is 1.00 e. The first-order valence-corrected chi connectivity index (χ1v) is 2.66. The van der Waals surface area contributed by atoms with Crippen LogP contribution in [-0.2, 0) is 13.8 Å². The molecule has 0 unspecified atom stereocenters. The first kappa shape index (κ1) is 12.4. The molecule has 0 aliphatic carbocycles. The smallest absolute Gasteiger partial charge is 0.754 e. The Kier molecular flexibility index (Phi) is 8.42. The molecule has 0 amide bonds. The van der Waals surface area contributed by atoms with E-state index in [0.717, 1.165) is 0 Å². The molecule has 0 spiro atoms. The van der Waals surface area contributed by atoms with Gasteiger partial charge >= 0.3 is 59.2 Å². The van der Waals surface area contributed by atoms with Crippen molar-refractivity contribution >= 4 is 7.82 Å². The van der Waals surface area contributed by atoms with Gasteiger partial charge in [-0.05, 0) is 0 Å². The third-order valence-electron chi connectivity index (χ3n) is 0.258. The maximum absolute atomic E-state index is 9.70. The predicted molar refractivity (Wildman–Crippen MR) is 18.2 cm³/mol. The molecule has 4 N–H and O–H groups in total. The fourth-order valence-electron chi connectivity index (χ4n) is 0.0248. The van der Waals surface area contributed by atoms with Crippen molar-refractivity contribution in [1.82, 2.24) is 0 Å². The van der Waals surface area contributed by atoms with Crippen LogP contribution in [0.5, 0.6) is 0 Å². The Balaban J connectivity index is 0. The van der Waals surface area contributed by atoms with Gasteiger partial charge < -0.3 is 4.89 Å². The molecule has 0 aliphatic heterocycles. The summed E-state index contributed by atoms with van der Waals surface area (Å²) in [7, 11) is -4.35. The van der Waals surface area contributed by atoms with Crippen LogP contribution in [0.3, 0.4) is 0 Å². The Morgan fingerprint density at radius 3 is 1.62 bits per heavy atom. The van der Waals surface area contributed by atoms with E-state index in [1.807, 2.05) is 0 Å². The van der Waals surface area contributed by atoms with Crippen molar-refractivity contribution in [1.29, 1.82) is 0 Å². The van der Waals surface area contributed by atoms with Crippen LogP contribution in [0.2, 0.25) is 0 Å². The van der Waals surface area contributed by atoms with Crippen LogP contribution in [0.15, 0.2) is 0 Å². The SMILES string of the molecule is NOP(=O)([O-])ON.[K+]. The third kappa shape index (κ3) is 5.80. The largest absolute Gasteiger partial charge is 1.00 e. The fourth-order valence-corrected chi connectivity index (χ4v) is 0.0745. The summed E-state index contributed by atoms with van der Waals surface area (Å²) in [6.07, 6.45) is 0. The van der Waals surface area contributed by atoms with Crippen LogP contribution in [-0.4, -0.2) is 0 Å². The second-order valence-corrected chi connectivity index (χ2v) is 1.97. The minimum atomic E-state index is -4.35. The summed E-state index contributed by atoms with van der Waals surface area (Å²) >= 11 is 0. The van der Waals surface area contributed by atoms with Gasteiger partial charge in [0.1, 0.15) is 0 Å². The fraction of sp³-hybridized carbons (Fsp3) is 0. The molecule has 0 heterocycles. The zero-order valence-electron chi connectivity index (χ0n) is 4.23. The summed E-state index contributed by atoms with van der Waals surface area (Å²) in [5, 5.41) is 0. The summed E-state index contributed by atoms with van der Waals surface area (Å²) in [5.41, 5.74) is 0. The Morgan fingerprint density at radius 1 is 1.38 bits per heavy atom. The van der Waals surface area contributed by atoms with E-state index in [9.17, 15) is 9.46 Å². The van der Waals surface area contributed by atoms with Crippen molar-refractivity contribution in [3.05, 3.63) is 0 Å². The minimum absolute atomic E-state index is 0. The van der Waals surface area contributed by atoms with Crippen LogP contribution in [0.1, 0.15) is 0 Å². The van der Waals surface area contributed by atoms with Crippen molar-refractivity contribution in [2.45, 2.75) is 0 Å². The van der Waals surface area contributed by atoms with E-state index in [2.05, 4.69) is 21.0 Å². The molecule has 0 radical (unpaired) electrons. The predicted octanol–water partition coefficient (Wildman–Crippen LogP) is -4.76. The quantitative estimate of drug-likeness (QED) is 0.242. The molecule has 0 aromatic rings. The Hall–Kier alpha value is 1.67. The molecule has 0 saturated heterocycles. The molecule has 8 heavy (non-hydrogen) atoms. The van der Waals surface area contributed by atoms with Gasteiger partial charge in [-0.3, -0.25) is 4.57 Å². The van der Waals surface area contributed by atoms with E-state index in [0.29, 0.717) is 0 Å². The number of nitrogens with two attached hydrogens (primary N) is 2. The van der Waals surface area contributed by atoms with Gasteiger partial charge in [0.05, 0.1) is 0 Å². The number of phosphoric acid groups is 1. The van der Waals surface area contributed by atoms with Crippen molar-refractivity contribution in [2.24, 2.45) is 11.8 Å². The van der Waals surface area contributed by atoms with Gasteiger partial charge in [0, 0.05) is 0 Å². The van der Waals surface area contributed by atoms with Crippen LogP contribution < -0.4 is 68.1 Å². The number of hydrogen-bond donors (Lipinski definition) is 2. The molecule has 0 bridgehead atoms. The molecule has 0 aromatic carbocycles. The van der Waals surface area contributed by atoms with Crippen LogP contribution >= 0.6 is 7.82 Å². The molecule has 0 atom stereocenters. The number of rotatable bonds is 2. The molecule has 44 valence electrons. The molecule has 0 aliphatic rings. The average Bonchev–Trinajstić information content (AvgIpc) is 1.68. The second kappa shape index (κ2) is 5.45. The molecule has 0 rings (SSSR count). The van der Waals surface area contributed by atoms with Gasteiger partial charge in [-0.25, -0.2) is 21.0 Å². The van der Waals surface area contributed by atoms with Gasteiger partial charge in [-0.15, -0.1) is 0 Å². The first-order valence-electron chi connectivity index (χ1n) is 1.20. The van der Waals surface area contributed by atoms with Crippen molar-refractivity contribution in [3.63, 3.8) is 0 Å².